The molecular weight excluding hydrogens is 328 g/mol. The van der Waals surface area contributed by atoms with Gasteiger partial charge in [0.05, 0.1) is 29.6 Å². The SMILES string of the molecule is O=C(COc1ccccc1Cl)Nc1ccccc1N1CCOCC1. The topological polar surface area (TPSA) is 50.8 Å². The third-order valence-electron chi connectivity index (χ3n) is 3.73. The van der Waals surface area contributed by atoms with Crippen LogP contribution in [0.25, 0.3) is 0 Å². The molecule has 2 aromatic carbocycles. The summed E-state index contributed by atoms with van der Waals surface area (Å²) in [5, 5.41) is 3.39. The van der Waals surface area contributed by atoms with Crippen LogP contribution < -0.4 is 15.0 Å². The van der Waals surface area contributed by atoms with Crippen LogP contribution in [0.4, 0.5) is 11.4 Å². The molecule has 0 aliphatic carbocycles. The normalized spacial score (nSPS) is 14.3. The molecule has 5 nitrogen and oxygen atoms in total. The van der Waals surface area contributed by atoms with E-state index in [0.717, 1.165) is 24.5 Å². The van der Waals surface area contributed by atoms with Crippen LogP contribution in [0.5, 0.6) is 5.75 Å². The predicted octanol–water partition coefficient (Wildman–Crippen LogP) is 3.19. The number of hydrogen-bond acceptors (Lipinski definition) is 4. The molecule has 6 heteroatoms. The first-order chi connectivity index (χ1) is 11.7. The number of nitrogens with one attached hydrogen (secondary N) is 1. The second kappa shape index (κ2) is 8.04. The van der Waals surface area contributed by atoms with Crippen molar-refractivity contribution in [2.24, 2.45) is 0 Å². The van der Waals surface area contributed by atoms with Crippen molar-refractivity contribution in [3.05, 3.63) is 53.6 Å². The van der Waals surface area contributed by atoms with E-state index in [1.165, 1.54) is 0 Å². The van der Waals surface area contributed by atoms with Crippen molar-refractivity contribution in [1.29, 1.82) is 0 Å². The van der Waals surface area contributed by atoms with Gasteiger partial charge < -0.3 is 19.7 Å². The monoisotopic (exact) mass is 346 g/mol. The van der Waals surface area contributed by atoms with E-state index in [1.807, 2.05) is 36.4 Å². The molecule has 0 radical (unpaired) electrons. The van der Waals surface area contributed by atoms with Crippen molar-refractivity contribution in [3.8, 4) is 5.75 Å². The van der Waals surface area contributed by atoms with Gasteiger partial charge >= 0.3 is 0 Å². The summed E-state index contributed by atoms with van der Waals surface area (Å²) in [5.74, 6) is 0.270. The number of morpholine rings is 1. The largest absolute Gasteiger partial charge is 0.482 e. The smallest absolute Gasteiger partial charge is 0.262 e. The van der Waals surface area contributed by atoms with E-state index in [-0.39, 0.29) is 12.5 Å². The molecule has 0 saturated carbocycles. The van der Waals surface area contributed by atoms with Crippen molar-refractivity contribution in [2.45, 2.75) is 0 Å². The van der Waals surface area contributed by atoms with Crippen molar-refractivity contribution in [2.75, 3.05) is 43.1 Å². The van der Waals surface area contributed by atoms with Crippen molar-refractivity contribution < 1.29 is 14.3 Å². The van der Waals surface area contributed by atoms with Gasteiger partial charge in [-0.2, -0.15) is 0 Å². The molecule has 1 N–H and O–H groups in total. The van der Waals surface area contributed by atoms with E-state index < -0.39 is 0 Å². The van der Waals surface area contributed by atoms with Gasteiger partial charge in [-0.05, 0) is 24.3 Å². The summed E-state index contributed by atoms with van der Waals surface area (Å²) in [4.78, 5) is 14.4. The molecule has 126 valence electrons. The van der Waals surface area contributed by atoms with Crippen LogP contribution in [0, 0.1) is 0 Å². The van der Waals surface area contributed by atoms with Gasteiger partial charge in [-0.1, -0.05) is 35.9 Å². The van der Waals surface area contributed by atoms with Gasteiger partial charge in [-0.25, -0.2) is 0 Å². The number of ether oxygens (including phenoxy) is 2. The Morgan fingerprint density at radius 2 is 1.83 bits per heavy atom. The third kappa shape index (κ3) is 4.19. The number of rotatable bonds is 5. The Labute approximate surface area is 146 Å². The van der Waals surface area contributed by atoms with Crippen LogP contribution in [0.2, 0.25) is 5.02 Å². The summed E-state index contributed by atoms with van der Waals surface area (Å²) >= 11 is 6.02. The fourth-order valence-electron chi connectivity index (χ4n) is 2.55. The van der Waals surface area contributed by atoms with Gasteiger partial charge in [0.25, 0.3) is 5.91 Å². The maximum atomic E-state index is 12.2. The first-order valence-corrected chi connectivity index (χ1v) is 8.21. The molecule has 0 bridgehead atoms. The molecule has 1 aliphatic heterocycles. The minimum Gasteiger partial charge on any atom is -0.482 e. The molecule has 0 spiro atoms. The number of carbonyl (C=O) groups excluding carboxylic acids is 1. The first-order valence-electron chi connectivity index (χ1n) is 7.83. The number of benzene rings is 2. The second-order valence-corrected chi connectivity index (χ2v) is 5.79. The molecule has 1 aliphatic rings. The average Bonchev–Trinajstić information content (AvgIpc) is 2.62. The van der Waals surface area contributed by atoms with E-state index in [0.29, 0.717) is 24.0 Å². The Morgan fingerprint density at radius 1 is 1.12 bits per heavy atom. The zero-order valence-corrected chi connectivity index (χ0v) is 14.0. The van der Waals surface area contributed by atoms with E-state index in [1.54, 1.807) is 12.1 Å². The van der Waals surface area contributed by atoms with Crippen LogP contribution in [0.1, 0.15) is 0 Å². The Hall–Kier alpha value is -2.24. The summed E-state index contributed by atoms with van der Waals surface area (Å²) in [6.45, 7) is 2.91. The Bertz CT molecular complexity index is 702. The number of para-hydroxylation sites is 3. The van der Waals surface area contributed by atoms with Crippen LogP contribution in [-0.2, 0) is 9.53 Å². The fraction of sp³-hybridized carbons (Fsp3) is 0.278. The first kappa shape index (κ1) is 16.6. The highest BCUT2D eigenvalue weighted by Gasteiger charge is 2.16. The Morgan fingerprint density at radius 3 is 2.62 bits per heavy atom. The Kier molecular flexibility index (Phi) is 5.56. The number of hydrogen-bond donors (Lipinski definition) is 1. The maximum Gasteiger partial charge on any atom is 0.262 e. The van der Waals surface area contributed by atoms with Crippen LogP contribution in [-0.4, -0.2) is 38.8 Å². The van der Waals surface area contributed by atoms with E-state index in [2.05, 4.69) is 10.2 Å². The Balaban J connectivity index is 1.63. The summed E-state index contributed by atoms with van der Waals surface area (Å²) in [6.07, 6.45) is 0. The van der Waals surface area contributed by atoms with E-state index >= 15 is 0 Å². The second-order valence-electron chi connectivity index (χ2n) is 5.38. The van der Waals surface area contributed by atoms with Gasteiger partial charge in [0, 0.05) is 13.1 Å². The lowest BCUT2D eigenvalue weighted by atomic mass is 10.2. The molecule has 24 heavy (non-hydrogen) atoms. The minimum absolute atomic E-state index is 0.0961. The molecule has 0 atom stereocenters. The summed E-state index contributed by atoms with van der Waals surface area (Å²) < 4.78 is 10.9. The molecule has 2 aromatic rings. The number of amides is 1. The number of nitrogens with zero attached hydrogens (tertiary/aromatic N) is 1. The van der Waals surface area contributed by atoms with Gasteiger partial charge in [-0.15, -0.1) is 0 Å². The quantitative estimate of drug-likeness (QED) is 0.903. The highest BCUT2D eigenvalue weighted by Crippen LogP contribution is 2.27. The molecule has 0 unspecified atom stereocenters. The van der Waals surface area contributed by atoms with Gasteiger partial charge in [0.1, 0.15) is 5.75 Å². The average molecular weight is 347 g/mol. The lowest BCUT2D eigenvalue weighted by Gasteiger charge is -2.30. The maximum absolute atomic E-state index is 12.2. The number of anilines is 2. The molecule has 0 aromatic heterocycles. The summed E-state index contributed by atoms with van der Waals surface area (Å²) in [5.41, 5.74) is 1.76. The van der Waals surface area contributed by atoms with Crippen LogP contribution >= 0.6 is 11.6 Å². The third-order valence-corrected chi connectivity index (χ3v) is 4.04. The van der Waals surface area contributed by atoms with Crippen molar-refractivity contribution in [3.63, 3.8) is 0 Å². The fourth-order valence-corrected chi connectivity index (χ4v) is 2.74. The zero-order chi connectivity index (χ0) is 16.8. The predicted molar refractivity (Wildman–Crippen MR) is 95.1 cm³/mol. The van der Waals surface area contributed by atoms with Gasteiger partial charge in [0.2, 0.25) is 0 Å². The van der Waals surface area contributed by atoms with Crippen molar-refractivity contribution in [1.82, 2.24) is 0 Å². The summed E-state index contributed by atoms with van der Waals surface area (Å²) in [6, 6.07) is 14.8. The summed E-state index contributed by atoms with van der Waals surface area (Å²) in [7, 11) is 0. The molecule has 1 saturated heterocycles. The lowest BCUT2D eigenvalue weighted by molar-refractivity contribution is -0.118. The van der Waals surface area contributed by atoms with E-state index in [4.69, 9.17) is 21.1 Å². The molecule has 1 heterocycles. The van der Waals surface area contributed by atoms with Gasteiger partial charge in [-0.3, -0.25) is 4.79 Å². The van der Waals surface area contributed by atoms with Crippen molar-refractivity contribution >= 4 is 28.9 Å². The highest BCUT2D eigenvalue weighted by molar-refractivity contribution is 6.32. The lowest BCUT2D eigenvalue weighted by Crippen LogP contribution is -2.37. The minimum atomic E-state index is -0.226. The molecule has 1 fully saturated rings. The highest BCUT2D eigenvalue weighted by atomic mass is 35.5. The van der Waals surface area contributed by atoms with E-state index in [9.17, 15) is 4.79 Å². The number of carbonyl (C=O) groups is 1. The standard InChI is InChI=1S/C18H19ClN2O3/c19-14-5-1-4-8-17(14)24-13-18(22)20-15-6-2-3-7-16(15)21-9-11-23-12-10-21/h1-8H,9-13H2,(H,20,22). The van der Waals surface area contributed by atoms with Crippen LogP contribution in [0.3, 0.4) is 0 Å². The van der Waals surface area contributed by atoms with Gasteiger partial charge in [0.15, 0.2) is 6.61 Å². The molecule has 3 rings (SSSR count). The number of halogens is 1. The molecular formula is C18H19ClN2O3. The zero-order valence-electron chi connectivity index (χ0n) is 13.2. The molecule has 1 amide bonds. The van der Waals surface area contributed by atoms with Crippen LogP contribution in [0.15, 0.2) is 48.5 Å².